The highest BCUT2D eigenvalue weighted by molar-refractivity contribution is 7.99. The largest absolute Gasteiger partial charge is 0.462 e. The quantitative estimate of drug-likeness (QED) is 0.257. The summed E-state index contributed by atoms with van der Waals surface area (Å²) in [5.74, 6) is -0.306. The molecule has 9 heteroatoms. The number of benzene rings is 2. The third-order valence-electron chi connectivity index (χ3n) is 4.63. The van der Waals surface area contributed by atoms with Crippen molar-refractivity contribution in [3.8, 4) is 22.6 Å². The lowest BCUT2D eigenvalue weighted by molar-refractivity contribution is -0.113. The number of hydrogen-bond donors (Lipinski definition) is 1. The summed E-state index contributed by atoms with van der Waals surface area (Å²) in [6.45, 7) is 3.91. The number of ether oxygens (including phenoxy) is 1. The predicted octanol–water partition coefficient (Wildman–Crippen LogP) is 5.68. The van der Waals surface area contributed by atoms with Crippen molar-refractivity contribution in [2.45, 2.75) is 19.1 Å². The highest BCUT2D eigenvalue weighted by Crippen LogP contribution is 2.40. The second kappa shape index (κ2) is 10.5. The van der Waals surface area contributed by atoms with Crippen LogP contribution < -0.4 is 5.32 Å². The summed E-state index contributed by atoms with van der Waals surface area (Å²) < 4.78 is 10.9. The van der Waals surface area contributed by atoms with Crippen LogP contribution in [0, 0.1) is 6.92 Å². The Morgan fingerprint density at radius 2 is 1.70 bits per heavy atom. The molecule has 0 aliphatic carbocycles. The lowest BCUT2D eigenvalue weighted by Gasteiger charge is -2.09. The molecule has 0 radical (unpaired) electrons. The Hall–Kier alpha value is -3.43. The molecule has 0 spiro atoms. The van der Waals surface area contributed by atoms with Crippen molar-refractivity contribution in [3.63, 3.8) is 0 Å². The number of aryl methyl sites for hydroxylation is 1. The zero-order valence-electron chi connectivity index (χ0n) is 18.0. The van der Waals surface area contributed by atoms with Crippen molar-refractivity contribution in [2.75, 3.05) is 17.7 Å². The molecular formula is C24H21N3O4S2. The molecule has 0 saturated carbocycles. The van der Waals surface area contributed by atoms with Gasteiger partial charge in [0.15, 0.2) is 0 Å². The van der Waals surface area contributed by atoms with Crippen molar-refractivity contribution in [1.82, 2.24) is 10.2 Å². The van der Waals surface area contributed by atoms with E-state index in [4.69, 9.17) is 9.15 Å². The number of rotatable bonds is 8. The molecule has 2 aromatic carbocycles. The maximum atomic E-state index is 12.8. The fraction of sp³-hybridized carbons (Fsp3) is 0.167. The van der Waals surface area contributed by atoms with Crippen LogP contribution >= 0.6 is 23.1 Å². The molecule has 0 saturated heterocycles. The Kier molecular flexibility index (Phi) is 7.21. The van der Waals surface area contributed by atoms with E-state index in [1.807, 2.05) is 67.6 Å². The summed E-state index contributed by atoms with van der Waals surface area (Å²) in [7, 11) is 0. The monoisotopic (exact) mass is 479 g/mol. The molecule has 0 atom stereocenters. The third kappa shape index (κ3) is 5.32. The Morgan fingerprint density at radius 3 is 2.36 bits per heavy atom. The molecule has 168 valence electrons. The van der Waals surface area contributed by atoms with Crippen LogP contribution in [0.3, 0.4) is 0 Å². The molecule has 0 unspecified atom stereocenters. The number of carbonyl (C=O) groups is 2. The number of nitrogens with zero attached hydrogens (tertiary/aromatic N) is 2. The minimum absolute atomic E-state index is 0.0519. The average molecular weight is 480 g/mol. The molecule has 1 N–H and O–H groups in total. The Morgan fingerprint density at radius 1 is 1.03 bits per heavy atom. The van der Waals surface area contributed by atoms with Crippen molar-refractivity contribution in [2.24, 2.45) is 0 Å². The zero-order chi connectivity index (χ0) is 23.2. The molecule has 7 nitrogen and oxygen atoms in total. The van der Waals surface area contributed by atoms with E-state index in [1.165, 1.54) is 11.3 Å². The van der Waals surface area contributed by atoms with E-state index in [-0.39, 0.29) is 18.3 Å². The second-order valence-corrected chi connectivity index (χ2v) is 9.05. The summed E-state index contributed by atoms with van der Waals surface area (Å²) in [5.41, 5.74) is 2.84. The Balaban J connectivity index is 1.50. The lowest BCUT2D eigenvalue weighted by atomic mass is 10.0. The van der Waals surface area contributed by atoms with Crippen LogP contribution in [0.4, 0.5) is 5.00 Å². The van der Waals surface area contributed by atoms with E-state index < -0.39 is 5.97 Å². The topological polar surface area (TPSA) is 94.3 Å². The first kappa shape index (κ1) is 22.8. The number of aromatic nitrogens is 2. The first-order valence-electron chi connectivity index (χ1n) is 10.2. The molecule has 2 heterocycles. The number of hydrogen-bond acceptors (Lipinski definition) is 8. The van der Waals surface area contributed by atoms with Crippen LogP contribution in [-0.2, 0) is 9.53 Å². The zero-order valence-corrected chi connectivity index (χ0v) is 19.7. The van der Waals surface area contributed by atoms with Crippen LogP contribution in [0.1, 0.15) is 22.2 Å². The highest BCUT2D eigenvalue weighted by atomic mass is 32.2. The van der Waals surface area contributed by atoms with Crippen molar-refractivity contribution >= 4 is 40.0 Å². The summed E-state index contributed by atoms with van der Waals surface area (Å²) in [5, 5.41) is 11.6. The maximum absolute atomic E-state index is 12.8. The van der Waals surface area contributed by atoms with Gasteiger partial charge in [0, 0.05) is 16.0 Å². The van der Waals surface area contributed by atoms with Crippen LogP contribution in [0.25, 0.3) is 22.6 Å². The van der Waals surface area contributed by atoms with Gasteiger partial charge in [-0.3, -0.25) is 4.79 Å². The van der Waals surface area contributed by atoms with Gasteiger partial charge in [0.2, 0.25) is 11.8 Å². The van der Waals surface area contributed by atoms with Gasteiger partial charge in [0.05, 0.1) is 12.4 Å². The van der Waals surface area contributed by atoms with Gasteiger partial charge in [-0.25, -0.2) is 4.79 Å². The van der Waals surface area contributed by atoms with E-state index in [2.05, 4.69) is 15.5 Å². The van der Waals surface area contributed by atoms with Crippen molar-refractivity contribution < 1.29 is 18.7 Å². The number of anilines is 1. The van der Waals surface area contributed by atoms with E-state index in [0.29, 0.717) is 21.7 Å². The number of amides is 1. The first-order chi connectivity index (χ1) is 16.1. The summed E-state index contributed by atoms with van der Waals surface area (Å²) >= 11 is 2.48. The fourth-order valence-electron chi connectivity index (χ4n) is 3.24. The van der Waals surface area contributed by atoms with Gasteiger partial charge in [0.25, 0.3) is 5.22 Å². The second-order valence-electron chi connectivity index (χ2n) is 6.90. The van der Waals surface area contributed by atoms with Crippen LogP contribution in [-0.4, -0.2) is 34.4 Å². The first-order valence-corrected chi connectivity index (χ1v) is 12.0. The van der Waals surface area contributed by atoms with Crippen LogP contribution in [0.2, 0.25) is 0 Å². The molecule has 0 aliphatic heterocycles. The molecule has 0 bridgehead atoms. The fourth-order valence-corrected chi connectivity index (χ4v) is 4.88. The van der Waals surface area contributed by atoms with E-state index in [1.54, 1.807) is 6.92 Å². The molecule has 4 rings (SSSR count). The van der Waals surface area contributed by atoms with Gasteiger partial charge >= 0.3 is 5.97 Å². The molecule has 1 amide bonds. The molecular weight excluding hydrogens is 458 g/mol. The van der Waals surface area contributed by atoms with Gasteiger partial charge in [-0.05, 0) is 31.5 Å². The molecule has 0 fully saturated rings. The van der Waals surface area contributed by atoms with Crippen molar-refractivity contribution in [3.05, 3.63) is 71.1 Å². The van der Waals surface area contributed by atoms with Crippen molar-refractivity contribution in [1.29, 1.82) is 0 Å². The van der Waals surface area contributed by atoms with E-state index in [9.17, 15) is 9.59 Å². The average Bonchev–Trinajstić information content (AvgIpc) is 3.43. The van der Waals surface area contributed by atoms with Gasteiger partial charge in [-0.15, -0.1) is 21.5 Å². The van der Waals surface area contributed by atoms with Gasteiger partial charge < -0.3 is 14.5 Å². The van der Waals surface area contributed by atoms with Gasteiger partial charge in [-0.2, -0.15) is 0 Å². The minimum atomic E-state index is -0.465. The van der Waals surface area contributed by atoms with E-state index >= 15 is 0 Å². The summed E-state index contributed by atoms with van der Waals surface area (Å²) in [6.07, 6.45) is 0. The van der Waals surface area contributed by atoms with Crippen LogP contribution in [0.15, 0.2) is 70.3 Å². The summed E-state index contributed by atoms with van der Waals surface area (Å²) in [4.78, 5) is 26.4. The minimum Gasteiger partial charge on any atom is -0.462 e. The lowest BCUT2D eigenvalue weighted by Crippen LogP contribution is -2.16. The molecule has 4 aromatic rings. The molecule has 0 aliphatic rings. The molecule has 33 heavy (non-hydrogen) atoms. The number of thiophene rings is 1. The predicted molar refractivity (Wildman–Crippen MR) is 130 cm³/mol. The third-order valence-corrected chi connectivity index (χ3v) is 6.47. The summed E-state index contributed by atoms with van der Waals surface area (Å²) in [6, 6.07) is 19.0. The normalized spacial score (nSPS) is 10.7. The number of nitrogens with one attached hydrogen (secondary N) is 1. The SMILES string of the molecule is CCOC(=O)c1c(NC(=O)CSc2nnc(-c3ccccc3)o2)sc(C)c1-c1ccccc1. The number of esters is 1. The van der Waals surface area contributed by atoms with Gasteiger partial charge in [-0.1, -0.05) is 60.3 Å². The standard InChI is InChI=1S/C24H21N3O4S2/c1-3-30-23(29)20-19(16-10-6-4-7-11-16)15(2)33-22(20)25-18(28)14-32-24-27-26-21(31-24)17-12-8-5-9-13-17/h4-13H,3,14H2,1-2H3,(H,25,28). The Bertz CT molecular complexity index is 1250. The Labute approximate surface area is 199 Å². The van der Waals surface area contributed by atoms with Gasteiger partial charge in [0.1, 0.15) is 10.6 Å². The smallest absolute Gasteiger partial charge is 0.341 e. The van der Waals surface area contributed by atoms with E-state index in [0.717, 1.165) is 33.3 Å². The maximum Gasteiger partial charge on any atom is 0.341 e. The molecule has 2 aromatic heterocycles. The highest BCUT2D eigenvalue weighted by Gasteiger charge is 2.25. The number of thioether (sulfide) groups is 1. The van der Waals surface area contributed by atoms with Crippen LogP contribution in [0.5, 0.6) is 0 Å². The number of carbonyl (C=O) groups excluding carboxylic acids is 2.